The number of halogens is 9. The molecule has 2 aromatic heterocycles. The van der Waals surface area contributed by atoms with E-state index in [9.17, 15) is 44.3 Å². The number of nitrogens with zero attached hydrogens (tertiary/aromatic N) is 4. The van der Waals surface area contributed by atoms with Crippen molar-refractivity contribution >= 4 is 29.6 Å². The summed E-state index contributed by atoms with van der Waals surface area (Å²) in [4.78, 5) is 53.0. The highest BCUT2D eigenvalue weighted by atomic mass is 19.4. The van der Waals surface area contributed by atoms with Gasteiger partial charge in [0.2, 0.25) is 0 Å². The minimum atomic E-state index is -5.08. The minimum Gasteiger partial charge on any atom is -0.475 e. The fourth-order valence-corrected chi connectivity index (χ4v) is 3.74. The molecular formula is C28H32F9N5O7. The molecule has 1 amide bonds. The van der Waals surface area contributed by atoms with E-state index in [-0.39, 0.29) is 5.91 Å². The van der Waals surface area contributed by atoms with Crippen LogP contribution in [0.2, 0.25) is 0 Å². The van der Waals surface area contributed by atoms with Gasteiger partial charge in [-0.05, 0) is 48.4 Å². The Bertz CT molecular complexity index is 1360. The number of carbonyl (C=O) groups is 4. The predicted octanol–water partition coefficient (Wildman–Crippen LogP) is 4.18. The third-order valence-corrected chi connectivity index (χ3v) is 6.31. The molecule has 4 N–H and O–H groups in total. The summed E-state index contributed by atoms with van der Waals surface area (Å²) >= 11 is 0. The molecule has 0 spiro atoms. The molecule has 1 fully saturated rings. The summed E-state index contributed by atoms with van der Waals surface area (Å²) in [5.41, 5.74) is 4.26. The van der Waals surface area contributed by atoms with E-state index >= 15 is 0 Å². The molecule has 274 valence electrons. The number of carbonyl (C=O) groups excluding carboxylic acids is 1. The van der Waals surface area contributed by atoms with Crippen molar-refractivity contribution in [2.24, 2.45) is 5.92 Å². The second-order valence-corrected chi connectivity index (χ2v) is 10.6. The van der Waals surface area contributed by atoms with Crippen LogP contribution in [-0.2, 0) is 33.8 Å². The highest BCUT2D eigenvalue weighted by molar-refractivity contribution is 5.99. The first-order valence-electron chi connectivity index (χ1n) is 13.9. The highest BCUT2D eigenvalue weighted by Crippen LogP contribution is 2.28. The Balaban J connectivity index is 0.000000467. The lowest BCUT2D eigenvalue weighted by Crippen LogP contribution is -2.28. The molecule has 0 bridgehead atoms. The Hall–Kier alpha value is -4.69. The molecule has 12 nitrogen and oxygen atoms in total. The van der Waals surface area contributed by atoms with Crippen molar-refractivity contribution in [2.45, 2.75) is 50.8 Å². The number of fused-ring (bicyclic) bond motifs is 1. The van der Waals surface area contributed by atoms with Crippen LogP contribution < -0.4 is 10.2 Å². The summed E-state index contributed by atoms with van der Waals surface area (Å²) in [6.45, 7) is 3.61. The van der Waals surface area contributed by atoms with E-state index in [0.29, 0.717) is 11.5 Å². The first-order valence-corrected chi connectivity index (χ1v) is 13.9. The molecule has 1 saturated carbocycles. The number of alkyl halides is 9. The van der Waals surface area contributed by atoms with Gasteiger partial charge in [-0.3, -0.25) is 14.7 Å². The van der Waals surface area contributed by atoms with Gasteiger partial charge in [0.1, 0.15) is 5.82 Å². The summed E-state index contributed by atoms with van der Waals surface area (Å²) in [6.07, 6.45) is -7.22. The molecule has 0 saturated heterocycles. The fraction of sp³-hybridized carbons (Fsp3) is 0.500. The molecule has 4 rings (SSSR count). The molecule has 0 radical (unpaired) electrons. The monoisotopic (exact) mass is 721 g/mol. The number of pyridine rings is 2. The fourth-order valence-electron chi connectivity index (χ4n) is 3.74. The van der Waals surface area contributed by atoms with Crippen molar-refractivity contribution in [1.29, 1.82) is 0 Å². The second kappa shape index (κ2) is 18.2. The van der Waals surface area contributed by atoms with E-state index in [1.54, 1.807) is 0 Å². The maximum Gasteiger partial charge on any atom is 0.490 e. The molecule has 1 aliphatic carbocycles. The van der Waals surface area contributed by atoms with E-state index in [1.165, 1.54) is 24.0 Å². The zero-order chi connectivity index (χ0) is 37.7. The van der Waals surface area contributed by atoms with Crippen molar-refractivity contribution in [3.8, 4) is 0 Å². The number of anilines is 1. The summed E-state index contributed by atoms with van der Waals surface area (Å²) < 4.78 is 95.2. The lowest BCUT2D eigenvalue weighted by atomic mass is 10.0. The number of aromatic nitrogens is 2. The number of hydrogen-bond acceptors (Lipinski definition) is 8. The zero-order valence-corrected chi connectivity index (χ0v) is 25.8. The highest BCUT2D eigenvalue weighted by Gasteiger charge is 2.39. The molecule has 3 heterocycles. The number of carboxylic acid groups (broad SMARTS) is 3. The maximum absolute atomic E-state index is 12.8. The summed E-state index contributed by atoms with van der Waals surface area (Å²) in [5.74, 6) is -6.83. The van der Waals surface area contributed by atoms with Crippen molar-refractivity contribution in [1.82, 2.24) is 20.2 Å². The Morgan fingerprint density at radius 3 is 1.78 bits per heavy atom. The van der Waals surface area contributed by atoms with E-state index in [2.05, 4.69) is 27.3 Å². The summed E-state index contributed by atoms with van der Waals surface area (Å²) in [7, 11) is 3.91. The number of amides is 1. The molecule has 2 aliphatic rings. The van der Waals surface area contributed by atoms with Crippen LogP contribution in [0.1, 0.15) is 40.0 Å². The SMILES string of the molecule is CN(C)c1nc2c(cc1C(=O)NCC1CC1)CCN(Cc1cccnc1)CC2.O=C(O)C(F)(F)F.O=C(O)C(F)(F)F.O=C(O)C(F)(F)F. The van der Waals surface area contributed by atoms with Crippen LogP contribution in [-0.4, -0.2) is 106 Å². The van der Waals surface area contributed by atoms with Crippen molar-refractivity contribution < 1.29 is 74.0 Å². The number of nitrogens with one attached hydrogen (secondary N) is 1. The minimum absolute atomic E-state index is 0.00219. The van der Waals surface area contributed by atoms with Gasteiger partial charge in [-0.2, -0.15) is 39.5 Å². The van der Waals surface area contributed by atoms with Gasteiger partial charge in [0.15, 0.2) is 0 Å². The predicted molar refractivity (Wildman–Crippen MR) is 152 cm³/mol. The van der Waals surface area contributed by atoms with Crippen molar-refractivity contribution in [2.75, 3.05) is 38.6 Å². The first kappa shape index (κ1) is 42.3. The molecule has 0 aromatic carbocycles. The summed E-state index contributed by atoms with van der Waals surface area (Å²) in [5, 5.41) is 24.5. The van der Waals surface area contributed by atoms with Crippen LogP contribution in [0, 0.1) is 5.92 Å². The molecule has 0 atom stereocenters. The van der Waals surface area contributed by atoms with Gasteiger partial charge in [0.25, 0.3) is 5.91 Å². The number of aliphatic carboxylic acids is 3. The molecular weight excluding hydrogens is 689 g/mol. The second-order valence-electron chi connectivity index (χ2n) is 10.6. The summed E-state index contributed by atoms with van der Waals surface area (Å²) in [6, 6.07) is 6.18. The molecule has 49 heavy (non-hydrogen) atoms. The van der Waals surface area contributed by atoms with Gasteiger partial charge in [-0.15, -0.1) is 0 Å². The van der Waals surface area contributed by atoms with Crippen LogP contribution >= 0.6 is 0 Å². The topological polar surface area (TPSA) is 173 Å². The van der Waals surface area contributed by atoms with Crippen molar-refractivity contribution in [3.05, 3.63) is 53.0 Å². The van der Waals surface area contributed by atoms with Crippen molar-refractivity contribution in [3.63, 3.8) is 0 Å². The molecule has 1 aliphatic heterocycles. The van der Waals surface area contributed by atoms with E-state index in [1.807, 2.05) is 37.5 Å². The van der Waals surface area contributed by atoms with Crippen LogP contribution in [0.15, 0.2) is 30.6 Å². The Kier molecular flexibility index (Phi) is 15.7. The van der Waals surface area contributed by atoms with Gasteiger partial charge in [0.05, 0.1) is 5.56 Å². The Labute approximate surface area is 272 Å². The van der Waals surface area contributed by atoms with E-state index < -0.39 is 36.4 Å². The third kappa shape index (κ3) is 16.3. The average molecular weight is 722 g/mol. The van der Waals surface area contributed by atoms with E-state index in [0.717, 1.165) is 50.5 Å². The van der Waals surface area contributed by atoms with Crippen LogP contribution in [0.4, 0.5) is 45.3 Å². The first-order chi connectivity index (χ1) is 22.4. The van der Waals surface area contributed by atoms with Gasteiger partial charge in [-0.1, -0.05) is 6.07 Å². The quantitative estimate of drug-likeness (QED) is 0.315. The van der Waals surface area contributed by atoms with Gasteiger partial charge in [-0.25, -0.2) is 19.4 Å². The molecule has 0 unspecified atom stereocenters. The van der Waals surface area contributed by atoms with Gasteiger partial charge >= 0.3 is 36.4 Å². The smallest absolute Gasteiger partial charge is 0.475 e. The lowest BCUT2D eigenvalue weighted by molar-refractivity contribution is -0.193. The Morgan fingerprint density at radius 2 is 1.37 bits per heavy atom. The largest absolute Gasteiger partial charge is 0.490 e. The molecule has 21 heteroatoms. The maximum atomic E-state index is 12.8. The lowest BCUT2D eigenvalue weighted by Gasteiger charge is -2.19. The number of rotatable bonds is 6. The standard InChI is InChI=1S/C22H29N5O.3C2HF3O2/c1-26(2)21-19(22(28)24-14-16-5-6-16)12-18-7-10-27(11-8-20(18)25-21)15-17-4-3-9-23-13-17;3*3-2(4,5)1(6)7/h3-4,9,12-13,16H,5-8,10-11,14-15H2,1-2H3,(H,24,28);3*(H,6,7). The van der Waals surface area contributed by atoms with Gasteiger partial charge < -0.3 is 25.5 Å². The van der Waals surface area contributed by atoms with Gasteiger partial charge in [0, 0.05) is 64.8 Å². The normalized spacial score (nSPS) is 14.5. The Morgan fingerprint density at radius 1 is 0.878 bits per heavy atom. The average Bonchev–Trinajstić information content (AvgIpc) is 3.83. The zero-order valence-electron chi connectivity index (χ0n) is 25.8. The number of carboxylic acids is 3. The third-order valence-electron chi connectivity index (χ3n) is 6.31. The number of hydrogen-bond donors (Lipinski definition) is 4. The molecule has 2 aromatic rings. The van der Waals surface area contributed by atoms with Crippen LogP contribution in [0.3, 0.4) is 0 Å². The van der Waals surface area contributed by atoms with Crippen LogP contribution in [0.25, 0.3) is 0 Å². The van der Waals surface area contributed by atoms with Crippen LogP contribution in [0.5, 0.6) is 0 Å². The van der Waals surface area contributed by atoms with E-state index in [4.69, 9.17) is 34.7 Å².